The molecule has 0 bridgehead atoms. The number of imide groups is 2. The van der Waals surface area contributed by atoms with Crippen LogP contribution in [-0.4, -0.2) is 43.6 Å². The highest BCUT2D eigenvalue weighted by atomic mass is 19.1. The lowest BCUT2D eigenvalue weighted by Gasteiger charge is -2.26. The second kappa shape index (κ2) is 12.8. The maximum absolute atomic E-state index is 13.5. The second-order valence-corrected chi connectivity index (χ2v) is 8.87. The zero-order chi connectivity index (χ0) is 28.6. The third kappa shape index (κ3) is 6.58. The van der Waals surface area contributed by atoms with Crippen LogP contribution in [0.2, 0.25) is 0 Å². The average molecular weight is 549 g/mol. The molecule has 1 aliphatic rings. The van der Waals surface area contributed by atoms with Crippen LogP contribution in [0.5, 0.6) is 23.0 Å². The van der Waals surface area contributed by atoms with Crippen LogP contribution >= 0.6 is 0 Å². The number of urea groups is 1. The quantitative estimate of drug-likeness (QED) is 0.269. The lowest BCUT2D eigenvalue weighted by molar-refractivity contribution is -0.130. The number of ether oxygens (including phenoxy) is 4. The summed E-state index contributed by atoms with van der Waals surface area (Å²) in [6, 6.07) is 15.2. The molecule has 3 aromatic carbocycles. The number of methoxy groups -OCH3 is 2. The van der Waals surface area contributed by atoms with Gasteiger partial charge in [-0.25, -0.2) is 9.18 Å². The number of nitrogens with one attached hydrogen (secondary N) is 1. The van der Waals surface area contributed by atoms with Crippen LogP contribution in [0, 0.1) is 5.82 Å². The summed E-state index contributed by atoms with van der Waals surface area (Å²) < 4.78 is 35.7. The summed E-state index contributed by atoms with van der Waals surface area (Å²) in [5.41, 5.74) is 1.51. The normalized spacial score (nSPS) is 14.2. The van der Waals surface area contributed by atoms with Crippen molar-refractivity contribution in [1.82, 2.24) is 10.2 Å². The monoisotopic (exact) mass is 548 g/mol. The fourth-order valence-electron chi connectivity index (χ4n) is 4.01. The van der Waals surface area contributed by atoms with E-state index >= 15 is 0 Å². The maximum Gasteiger partial charge on any atom is 0.331 e. The van der Waals surface area contributed by atoms with Crippen molar-refractivity contribution in [3.8, 4) is 23.0 Å². The van der Waals surface area contributed by atoms with Crippen molar-refractivity contribution in [2.45, 2.75) is 26.5 Å². The van der Waals surface area contributed by atoms with E-state index in [-0.39, 0.29) is 24.5 Å². The molecule has 208 valence electrons. The summed E-state index contributed by atoms with van der Waals surface area (Å²) in [6.45, 7) is 2.53. The number of benzene rings is 3. The van der Waals surface area contributed by atoms with Crippen LogP contribution < -0.4 is 24.3 Å². The molecule has 9 nitrogen and oxygen atoms in total. The molecular formula is C30H29FN2O7. The topological polar surface area (TPSA) is 103 Å². The summed E-state index contributed by atoms with van der Waals surface area (Å²) in [4.78, 5) is 39.4. The minimum atomic E-state index is -0.823. The van der Waals surface area contributed by atoms with Crippen molar-refractivity contribution >= 4 is 23.9 Å². The van der Waals surface area contributed by atoms with E-state index in [4.69, 9.17) is 18.9 Å². The molecule has 0 aliphatic carbocycles. The minimum absolute atomic E-state index is 0.0874. The summed E-state index contributed by atoms with van der Waals surface area (Å²) in [5.74, 6) is -0.160. The number of hydrogen-bond acceptors (Lipinski definition) is 7. The van der Waals surface area contributed by atoms with Gasteiger partial charge >= 0.3 is 6.03 Å². The van der Waals surface area contributed by atoms with Crippen LogP contribution in [0.15, 0.2) is 66.2 Å². The Morgan fingerprint density at radius 2 is 1.57 bits per heavy atom. The summed E-state index contributed by atoms with van der Waals surface area (Å²) >= 11 is 0. The van der Waals surface area contributed by atoms with Gasteiger partial charge in [-0.05, 0) is 65.6 Å². The highest BCUT2D eigenvalue weighted by Crippen LogP contribution is 2.31. The lowest BCUT2D eigenvalue weighted by atomic mass is 10.1. The number of carbonyl (C=O) groups is 3. The van der Waals surface area contributed by atoms with Crippen molar-refractivity contribution < 1.29 is 37.7 Å². The molecule has 1 heterocycles. The molecule has 0 saturated carbocycles. The third-order valence-electron chi connectivity index (χ3n) is 6.00. The molecular weight excluding hydrogens is 519 g/mol. The fourth-order valence-corrected chi connectivity index (χ4v) is 4.01. The van der Waals surface area contributed by atoms with Gasteiger partial charge in [0, 0.05) is 0 Å². The van der Waals surface area contributed by atoms with Gasteiger partial charge in [0.05, 0.1) is 27.4 Å². The van der Waals surface area contributed by atoms with Gasteiger partial charge in [0.25, 0.3) is 11.8 Å². The van der Waals surface area contributed by atoms with Crippen LogP contribution in [0.25, 0.3) is 6.08 Å². The molecule has 3 aromatic rings. The number of nitrogens with zero attached hydrogens (tertiary/aromatic N) is 1. The van der Waals surface area contributed by atoms with Gasteiger partial charge in [-0.1, -0.05) is 31.2 Å². The van der Waals surface area contributed by atoms with E-state index in [1.165, 1.54) is 32.4 Å². The Morgan fingerprint density at radius 3 is 2.30 bits per heavy atom. The molecule has 1 aliphatic heterocycles. The number of rotatable bonds is 11. The minimum Gasteiger partial charge on any atom is -0.493 e. The Balaban J connectivity index is 1.53. The van der Waals surface area contributed by atoms with Gasteiger partial charge in [-0.3, -0.25) is 19.8 Å². The van der Waals surface area contributed by atoms with E-state index in [2.05, 4.69) is 5.32 Å². The zero-order valence-electron chi connectivity index (χ0n) is 22.4. The Labute approximate surface area is 231 Å². The summed E-state index contributed by atoms with van der Waals surface area (Å²) in [5, 5.41) is 2.22. The molecule has 0 aromatic heterocycles. The fraction of sp³-hybridized carbons (Fsp3) is 0.233. The van der Waals surface area contributed by atoms with Gasteiger partial charge in [0.1, 0.15) is 18.0 Å². The first-order valence-electron chi connectivity index (χ1n) is 12.6. The Kier molecular flexibility index (Phi) is 9.00. The van der Waals surface area contributed by atoms with Crippen LogP contribution in [0.4, 0.5) is 9.18 Å². The van der Waals surface area contributed by atoms with Crippen LogP contribution in [0.1, 0.15) is 30.0 Å². The standard InChI is InChI=1S/C30H29FN2O7/c1-4-12-39-24-11-9-20(16-27(24)38-3)17-33-29(35)23(28(34)32-30(33)36)14-19-8-10-25(26(15-19)37-2)40-18-21-6-5-7-22(31)13-21/h5-11,13-16H,4,12,17-18H2,1-3H3,(H,32,34,36)/b23-14+. The first kappa shape index (κ1) is 28.2. The van der Waals surface area contributed by atoms with Gasteiger partial charge in [-0.15, -0.1) is 0 Å². The van der Waals surface area contributed by atoms with E-state index in [0.717, 1.165) is 11.3 Å². The first-order valence-corrected chi connectivity index (χ1v) is 12.6. The van der Waals surface area contributed by atoms with E-state index in [0.29, 0.717) is 46.3 Å². The SMILES string of the molecule is CCCOc1ccc(CN2C(=O)NC(=O)/C(=C\c3ccc(OCc4cccc(F)c4)c(OC)c3)C2=O)cc1OC. The average Bonchev–Trinajstić information content (AvgIpc) is 2.95. The molecule has 40 heavy (non-hydrogen) atoms. The van der Waals surface area contributed by atoms with Crippen molar-refractivity contribution in [3.05, 3.63) is 88.7 Å². The molecule has 4 amide bonds. The van der Waals surface area contributed by atoms with Crippen LogP contribution in [0.3, 0.4) is 0 Å². The highest BCUT2D eigenvalue weighted by molar-refractivity contribution is 6.30. The smallest absolute Gasteiger partial charge is 0.331 e. The van der Waals surface area contributed by atoms with E-state index in [1.807, 2.05) is 6.92 Å². The first-order chi connectivity index (χ1) is 19.3. The molecule has 0 radical (unpaired) electrons. The number of carbonyl (C=O) groups excluding carboxylic acids is 3. The van der Waals surface area contributed by atoms with Crippen LogP contribution in [-0.2, 0) is 22.7 Å². The van der Waals surface area contributed by atoms with E-state index < -0.39 is 17.8 Å². The second-order valence-electron chi connectivity index (χ2n) is 8.87. The Morgan fingerprint density at radius 1 is 0.850 bits per heavy atom. The van der Waals surface area contributed by atoms with Crippen molar-refractivity contribution in [2.75, 3.05) is 20.8 Å². The molecule has 0 spiro atoms. The Hall–Kier alpha value is -4.86. The molecule has 1 fully saturated rings. The number of amides is 4. The largest absolute Gasteiger partial charge is 0.493 e. The van der Waals surface area contributed by atoms with Gasteiger partial charge in [-0.2, -0.15) is 0 Å². The molecule has 0 atom stereocenters. The zero-order valence-corrected chi connectivity index (χ0v) is 22.4. The van der Waals surface area contributed by atoms with Gasteiger partial charge in [0.15, 0.2) is 23.0 Å². The highest BCUT2D eigenvalue weighted by Gasteiger charge is 2.35. The van der Waals surface area contributed by atoms with Crippen molar-refractivity contribution in [2.24, 2.45) is 0 Å². The molecule has 4 rings (SSSR count). The third-order valence-corrected chi connectivity index (χ3v) is 6.00. The number of hydrogen-bond donors (Lipinski definition) is 1. The van der Waals surface area contributed by atoms with Gasteiger partial charge in [0.2, 0.25) is 0 Å². The molecule has 0 unspecified atom stereocenters. The predicted molar refractivity (Wildman–Crippen MR) is 145 cm³/mol. The van der Waals surface area contributed by atoms with E-state index in [1.54, 1.807) is 48.5 Å². The lowest BCUT2D eigenvalue weighted by Crippen LogP contribution is -2.53. The van der Waals surface area contributed by atoms with Crippen molar-refractivity contribution in [3.63, 3.8) is 0 Å². The molecule has 1 N–H and O–H groups in total. The van der Waals surface area contributed by atoms with E-state index in [9.17, 15) is 18.8 Å². The maximum atomic E-state index is 13.5. The Bertz CT molecular complexity index is 1450. The van der Waals surface area contributed by atoms with Crippen molar-refractivity contribution in [1.29, 1.82) is 0 Å². The molecule has 1 saturated heterocycles. The van der Waals surface area contributed by atoms with Gasteiger partial charge < -0.3 is 18.9 Å². The predicted octanol–water partition coefficient (Wildman–Crippen LogP) is 4.87. The number of halogens is 1. The number of barbiturate groups is 1. The summed E-state index contributed by atoms with van der Waals surface area (Å²) in [6.07, 6.45) is 2.20. The molecule has 10 heteroatoms. The summed E-state index contributed by atoms with van der Waals surface area (Å²) in [7, 11) is 2.95.